The van der Waals surface area contributed by atoms with Crippen molar-refractivity contribution in [1.29, 1.82) is 0 Å². The first-order valence-electron chi connectivity index (χ1n) is 5.75. The van der Waals surface area contributed by atoms with E-state index in [4.69, 9.17) is 15.2 Å². The second-order valence-electron chi connectivity index (χ2n) is 3.84. The van der Waals surface area contributed by atoms with Crippen LogP contribution in [0.2, 0.25) is 0 Å². The third-order valence-corrected chi connectivity index (χ3v) is 4.31. The predicted molar refractivity (Wildman–Crippen MR) is 71.8 cm³/mol. The minimum Gasteiger partial charge on any atom is -0.497 e. The Bertz CT molecular complexity index is 485. The Labute approximate surface area is 108 Å². The van der Waals surface area contributed by atoms with E-state index in [9.17, 15) is 8.42 Å². The number of rotatable bonds is 7. The van der Waals surface area contributed by atoms with Gasteiger partial charge in [0, 0.05) is 11.8 Å². The fourth-order valence-electron chi connectivity index (χ4n) is 1.37. The SMILES string of the molecule is CCS(=O)(=O)CCCOc1cc(OC)ccc1N. The maximum Gasteiger partial charge on any atom is 0.150 e. The van der Waals surface area contributed by atoms with Crippen LogP contribution in [0.3, 0.4) is 0 Å². The lowest BCUT2D eigenvalue weighted by atomic mass is 10.3. The predicted octanol–water partition coefficient (Wildman–Crippen LogP) is 1.48. The topological polar surface area (TPSA) is 78.6 Å². The van der Waals surface area contributed by atoms with Crippen LogP contribution in [0, 0.1) is 0 Å². The molecule has 2 N–H and O–H groups in total. The Morgan fingerprint density at radius 2 is 2.06 bits per heavy atom. The van der Waals surface area contributed by atoms with Gasteiger partial charge < -0.3 is 15.2 Å². The van der Waals surface area contributed by atoms with Gasteiger partial charge in [0.05, 0.1) is 25.2 Å². The second kappa shape index (κ2) is 6.49. The summed E-state index contributed by atoms with van der Waals surface area (Å²) in [6.45, 7) is 1.95. The lowest BCUT2D eigenvalue weighted by Gasteiger charge is -2.10. The molecule has 0 radical (unpaired) electrons. The van der Waals surface area contributed by atoms with Crippen LogP contribution in [0.5, 0.6) is 11.5 Å². The second-order valence-corrected chi connectivity index (χ2v) is 6.31. The molecule has 5 nitrogen and oxygen atoms in total. The summed E-state index contributed by atoms with van der Waals surface area (Å²) in [6.07, 6.45) is 0.451. The highest BCUT2D eigenvalue weighted by molar-refractivity contribution is 7.91. The summed E-state index contributed by atoms with van der Waals surface area (Å²) in [5.41, 5.74) is 6.25. The number of ether oxygens (including phenoxy) is 2. The maximum atomic E-state index is 11.3. The van der Waals surface area contributed by atoms with Gasteiger partial charge in [0.25, 0.3) is 0 Å². The van der Waals surface area contributed by atoms with Gasteiger partial charge in [0.15, 0.2) is 0 Å². The summed E-state index contributed by atoms with van der Waals surface area (Å²) in [4.78, 5) is 0. The van der Waals surface area contributed by atoms with Crippen LogP contribution in [0.1, 0.15) is 13.3 Å². The van der Waals surface area contributed by atoms with E-state index in [-0.39, 0.29) is 11.5 Å². The van der Waals surface area contributed by atoms with E-state index < -0.39 is 9.84 Å². The lowest BCUT2D eigenvalue weighted by molar-refractivity contribution is 0.316. The molecule has 1 aromatic rings. The monoisotopic (exact) mass is 273 g/mol. The normalized spacial score (nSPS) is 11.2. The Morgan fingerprint density at radius 3 is 2.67 bits per heavy atom. The van der Waals surface area contributed by atoms with Crippen molar-refractivity contribution < 1.29 is 17.9 Å². The van der Waals surface area contributed by atoms with Gasteiger partial charge in [-0.3, -0.25) is 0 Å². The van der Waals surface area contributed by atoms with Crippen LogP contribution >= 0.6 is 0 Å². The zero-order chi connectivity index (χ0) is 13.6. The van der Waals surface area contributed by atoms with Crippen LogP contribution < -0.4 is 15.2 Å². The summed E-state index contributed by atoms with van der Waals surface area (Å²) in [6, 6.07) is 5.12. The quantitative estimate of drug-likeness (QED) is 0.601. The first kappa shape index (κ1) is 14.6. The van der Waals surface area contributed by atoms with Gasteiger partial charge in [0.2, 0.25) is 0 Å². The zero-order valence-corrected chi connectivity index (χ0v) is 11.5. The van der Waals surface area contributed by atoms with Gasteiger partial charge in [-0.25, -0.2) is 8.42 Å². The van der Waals surface area contributed by atoms with E-state index in [1.165, 1.54) is 0 Å². The number of sulfone groups is 1. The standard InChI is InChI=1S/C12H19NO4S/c1-3-18(14,15)8-4-7-17-12-9-10(16-2)5-6-11(12)13/h5-6,9H,3-4,7-8,13H2,1-2H3. The lowest BCUT2D eigenvalue weighted by Crippen LogP contribution is -2.12. The third-order valence-electron chi connectivity index (χ3n) is 2.52. The fraction of sp³-hybridized carbons (Fsp3) is 0.500. The van der Waals surface area contributed by atoms with E-state index in [2.05, 4.69) is 0 Å². The molecule has 0 saturated heterocycles. The summed E-state index contributed by atoms with van der Waals surface area (Å²) in [5, 5.41) is 0. The van der Waals surface area contributed by atoms with Crippen molar-refractivity contribution in [2.75, 3.05) is 31.0 Å². The molecule has 0 atom stereocenters. The molecule has 0 saturated carbocycles. The Hall–Kier alpha value is -1.43. The van der Waals surface area contributed by atoms with Crippen molar-refractivity contribution >= 4 is 15.5 Å². The molecule has 0 aliphatic rings. The first-order valence-corrected chi connectivity index (χ1v) is 7.57. The molecular formula is C12H19NO4S. The van der Waals surface area contributed by atoms with Crippen LogP contribution in [-0.2, 0) is 9.84 Å². The largest absolute Gasteiger partial charge is 0.497 e. The van der Waals surface area contributed by atoms with Crippen LogP contribution in [-0.4, -0.2) is 33.6 Å². The average Bonchev–Trinajstić information content (AvgIpc) is 2.36. The van der Waals surface area contributed by atoms with Crippen molar-refractivity contribution in [3.63, 3.8) is 0 Å². The van der Waals surface area contributed by atoms with Gasteiger partial charge in [-0.1, -0.05) is 6.92 Å². The smallest absolute Gasteiger partial charge is 0.150 e. The van der Waals surface area contributed by atoms with E-state index >= 15 is 0 Å². The third kappa shape index (κ3) is 4.44. The molecule has 1 aromatic carbocycles. The average molecular weight is 273 g/mol. The van der Waals surface area contributed by atoms with Crippen LogP contribution in [0.15, 0.2) is 18.2 Å². The van der Waals surface area contributed by atoms with Crippen molar-refractivity contribution in [2.24, 2.45) is 0 Å². The minimum absolute atomic E-state index is 0.132. The number of benzene rings is 1. The summed E-state index contributed by atoms with van der Waals surface area (Å²) in [7, 11) is -1.37. The highest BCUT2D eigenvalue weighted by atomic mass is 32.2. The van der Waals surface area contributed by atoms with Gasteiger partial charge in [-0.05, 0) is 18.6 Å². The number of hydrogen-bond donors (Lipinski definition) is 1. The first-order chi connectivity index (χ1) is 8.48. The Kier molecular flexibility index (Phi) is 5.27. The summed E-state index contributed by atoms with van der Waals surface area (Å²) >= 11 is 0. The number of nitrogen functional groups attached to an aromatic ring is 1. The molecule has 6 heteroatoms. The molecule has 0 bridgehead atoms. The molecular weight excluding hydrogens is 254 g/mol. The van der Waals surface area contributed by atoms with Crippen molar-refractivity contribution in [3.05, 3.63) is 18.2 Å². The minimum atomic E-state index is -2.93. The summed E-state index contributed by atoms with van der Waals surface area (Å²) < 4.78 is 33.1. The molecule has 0 spiro atoms. The molecule has 102 valence electrons. The van der Waals surface area contributed by atoms with E-state index in [1.807, 2.05) is 0 Å². The summed E-state index contributed by atoms with van der Waals surface area (Å²) in [5.74, 6) is 1.46. The highest BCUT2D eigenvalue weighted by Gasteiger charge is 2.08. The number of hydrogen-bond acceptors (Lipinski definition) is 5. The van der Waals surface area contributed by atoms with Crippen molar-refractivity contribution in [1.82, 2.24) is 0 Å². The maximum absolute atomic E-state index is 11.3. The molecule has 0 aliphatic heterocycles. The highest BCUT2D eigenvalue weighted by Crippen LogP contribution is 2.26. The molecule has 18 heavy (non-hydrogen) atoms. The van der Waals surface area contributed by atoms with E-state index in [1.54, 1.807) is 32.2 Å². The molecule has 1 rings (SSSR count). The van der Waals surface area contributed by atoms with Crippen LogP contribution in [0.25, 0.3) is 0 Å². The number of nitrogens with two attached hydrogens (primary N) is 1. The van der Waals surface area contributed by atoms with Gasteiger partial charge in [-0.2, -0.15) is 0 Å². The van der Waals surface area contributed by atoms with Crippen LogP contribution in [0.4, 0.5) is 5.69 Å². The molecule has 0 aromatic heterocycles. The van der Waals surface area contributed by atoms with E-state index in [0.29, 0.717) is 30.2 Å². The molecule has 0 heterocycles. The molecule has 0 amide bonds. The number of methoxy groups -OCH3 is 1. The molecule has 0 fully saturated rings. The number of anilines is 1. The Morgan fingerprint density at radius 1 is 1.33 bits per heavy atom. The zero-order valence-electron chi connectivity index (χ0n) is 10.7. The van der Waals surface area contributed by atoms with Crippen molar-refractivity contribution in [3.8, 4) is 11.5 Å². The Balaban J connectivity index is 2.49. The van der Waals surface area contributed by atoms with Crippen molar-refractivity contribution in [2.45, 2.75) is 13.3 Å². The van der Waals surface area contributed by atoms with Gasteiger partial charge in [-0.15, -0.1) is 0 Å². The fourth-order valence-corrected chi connectivity index (χ4v) is 2.22. The molecule has 0 aliphatic carbocycles. The van der Waals surface area contributed by atoms with Gasteiger partial charge >= 0.3 is 0 Å². The molecule has 0 unspecified atom stereocenters. The van der Waals surface area contributed by atoms with Gasteiger partial charge in [0.1, 0.15) is 21.3 Å². The van der Waals surface area contributed by atoms with E-state index in [0.717, 1.165) is 0 Å².